The molecule has 0 aliphatic rings. The van der Waals surface area contributed by atoms with E-state index in [9.17, 15) is 14.4 Å². The summed E-state index contributed by atoms with van der Waals surface area (Å²) in [6.45, 7) is 0.657. The highest BCUT2D eigenvalue weighted by Gasteiger charge is 2.08. The first kappa shape index (κ1) is 20.0. The van der Waals surface area contributed by atoms with E-state index in [0.29, 0.717) is 40.3 Å². The molecule has 2 N–H and O–H groups in total. The third-order valence-electron chi connectivity index (χ3n) is 4.06. The zero-order valence-electron chi connectivity index (χ0n) is 15.0. The molecule has 0 saturated carbocycles. The van der Waals surface area contributed by atoms with Gasteiger partial charge < -0.3 is 10.6 Å². The molecule has 0 radical (unpaired) electrons. The van der Waals surface area contributed by atoms with Crippen molar-refractivity contribution in [3.05, 3.63) is 57.4 Å². The van der Waals surface area contributed by atoms with Crippen LogP contribution in [0.3, 0.4) is 0 Å². The topological polar surface area (TPSA) is 93.1 Å². The second kappa shape index (κ2) is 9.48. The quantitative estimate of drug-likeness (QED) is 0.550. The number of carbonyl (C=O) groups excluding carboxylic acids is 2. The average Bonchev–Trinajstić information content (AvgIpc) is 3.16. The molecule has 2 heterocycles. The zero-order chi connectivity index (χ0) is 19.9. The van der Waals surface area contributed by atoms with Crippen molar-refractivity contribution in [2.75, 3.05) is 11.9 Å². The Hall–Kier alpha value is -2.71. The highest BCUT2D eigenvalue weighted by Crippen LogP contribution is 2.14. The van der Waals surface area contributed by atoms with Crippen molar-refractivity contribution in [1.29, 1.82) is 0 Å². The Bertz CT molecular complexity index is 1030. The fourth-order valence-corrected chi connectivity index (χ4v) is 3.45. The van der Waals surface area contributed by atoms with E-state index in [-0.39, 0.29) is 30.3 Å². The van der Waals surface area contributed by atoms with Crippen LogP contribution in [0, 0.1) is 0 Å². The Kier molecular flexibility index (Phi) is 6.78. The summed E-state index contributed by atoms with van der Waals surface area (Å²) in [5, 5.41) is 8.52. The van der Waals surface area contributed by atoms with Crippen molar-refractivity contribution in [2.45, 2.75) is 25.8 Å². The molecule has 0 fully saturated rings. The van der Waals surface area contributed by atoms with Gasteiger partial charge in [-0.05, 0) is 42.1 Å². The van der Waals surface area contributed by atoms with Crippen molar-refractivity contribution < 1.29 is 9.59 Å². The van der Waals surface area contributed by atoms with Crippen LogP contribution in [-0.4, -0.2) is 27.9 Å². The largest absolute Gasteiger partial charge is 0.356 e. The number of nitrogens with one attached hydrogen (secondary N) is 2. The molecular weight excluding hydrogens is 400 g/mol. The third-order valence-corrected chi connectivity index (χ3v) is 5.13. The number of benzene rings is 1. The molecule has 7 nitrogen and oxygen atoms in total. The molecule has 146 valence electrons. The summed E-state index contributed by atoms with van der Waals surface area (Å²) in [5.74, 6) is -0.298. The SMILES string of the molecule is O=C(CCn1cnc2sccc2c1=O)NCCCC(=O)Nc1ccc(Cl)cc1. The summed E-state index contributed by atoms with van der Waals surface area (Å²) in [4.78, 5) is 41.0. The Labute approximate surface area is 170 Å². The molecule has 2 amide bonds. The lowest BCUT2D eigenvalue weighted by atomic mass is 10.2. The number of amides is 2. The number of hydrogen-bond acceptors (Lipinski definition) is 5. The van der Waals surface area contributed by atoms with Crippen molar-refractivity contribution in [1.82, 2.24) is 14.9 Å². The molecule has 0 unspecified atom stereocenters. The molecule has 0 atom stereocenters. The molecule has 2 aromatic heterocycles. The zero-order valence-corrected chi connectivity index (χ0v) is 16.6. The predicted molar refractivity (Wildman–Crippen MR) is 111 cm³/mol. The van der Waals surface area contributed by atoms with Crippen LogP contribution in [0.25, 0.3) is 10.2 Å². The summed E-state index contributed by atoms with van der Waals surface area (Å²) >= 11 is 7.21. The Balaban J connectivity index is 1.36. The Morgan fingerprint density at radius 3 is 2.68 bits per heavy atom. The molecule has 3 rings (SSSR count). The second-order valence-corrected chi connectivity index (χ2v) is 7.47. The molecule has 0 spiro atoms. The van der Waals surface area contributed by atoms with Gasteiger partial charge in [0.15, 0.2) is 0 Å². The lowest BCUT2D eigenvalue weighted by Crippen LogP contribution is -2.28. The summed E-state index contributed by atoms with van der Waals surface area (Å²) < 4.78 is 1.44. The van der Waals surface area contributed by atoms with Crippen LogP contribution in [0.1, 0.15) is 19.3 Å². The highest BCUT2D eigenvalue weighted by molar-refractivity contribution is 7.16. The first-order valence-electron chi connectivity index (χ1n) is 8.78. The minimum Gasteiger partial charge on any atom is -0.356 e. The van der Waals surface area contributed by atoms with Crippen LogP contribution in [0.2, 0.25) is 5.02 Å². The van der Waals surface area contributed by atoms with E-state index in [1.165, 1.54) is 22.2 Å². The fraction of sp³-hybridized carbons (Fsp3) is 0.263. The molecular formula is C19H19ClN4O3S. The summed E-state index contributed by atoms with van der Waals surface area (Å²) in [5.41, 5.74) is 0.540. The van der Waals surface area contributed by atoms with E-state index in [0.717, 1.165) is 0 Å². The van der Waals surface area contributed by atoms with Crippen molar-refractivity contribution in [3.63, 3.8) is 0 Å². The predicted octanol–water partition coefficient (Wildman–Crippen LogP) is 3.04. The van der Waals surface area contributed by atoms with E-state index < -0.39 is 0 Å². The van der Waals surface area contributed by atoms with E-state index >= 15 is 0 Å². The number of nitrogens with zero attached hydrogens (tertiary/aromatic N) is 2. The maximum absolute atomic E-state index is 12.3. The lowest BCUT2D eigenvalue weighted by Gasteiger charge is -2.08. The van der Waals surface area contributed by atoms with E-state index in [1.54, 1.807) is 30.3 Å². The van der Waals surface area contributed by atoms with Crippen LogP contribution in [0.4, 0.5) is 5.69 Å². The molecule has 0 aliphatic heterocycles. The van der Waals surface area contributed by atoms with Crippen molar-refractivity contribution in [3.8, 4) is 0 Å². The van der Waals surface area contributed by atoms with Gasteiger partial charge in [0.1, 0.15) is 4.83 Å². The monoisotopic (exact) mass is 418 g/mol. The summed E-state index contributed by atoms with van der Waals surface area (Å²) in [7, 11) is 0. The van der Waals surface area contributed by atoms with Gasteiger partial charge in [-0.25, -0.2) is 4.98 Å². The number of carbonyl (C=O) groups is 2. The number of rotatable bonds is 8. The molecule has 3 aromatic rings. The van der Waals surface area contributed by atoms with Gasteiger partial charge in [0.2, 0.25) is 11.8 Å². The lowest BCUT2D eigenvalue weighted by molar-refractivity contribution is -0.121. The van der Waals surface area contributed by atoms with Gasteiger partial charge in [-0.3, -0.25) is 19.0 Å². The molecule has 9 heteroatoms. The molecule has 1 aromatic carbocycles. The third kappa shape index (κ3) is 5.40. The Morgan fingerprint density at radius 1 is 1.11 bits per heavy atom. The van der Waals surface area contributed by atoms with E-state index in [2.05, 4.69) is 15.6 Å². The smallest absolute Gasteiger partial charge is 0.262 e. The average molecular weight is 419 g/mol. The summed E-state index contributed by atoms with van der Waals surface area (Å²) in [6, 6.07) is 8.60. The maximum atomic E-state index is 12.3. The van der Waals surface area contributed by atoms with Crippen LogP contribution < -0.4 is 16.2 Å². The van der Waals surface area contributed by atoms with Gasteiger partial charge >= 0.3 is 0 Å². The second-order valence-electron chi connectivity index (χ2n) is 6.14. The van der Waals surface area contributed by atoms with E-state index in [1.807, 2.05) is 5.38 Å². The number of hydrogen-bond donors (Lipinski definition) is 2. The number of fused-ring (bicyclic) bond motifs is 1. The molecule has 28 heavy (non-hydrogen) atoms. The van der Waals surface area contributed by atoms with Gasteiger partial charge in [-0.2, -0.15) is 0 Å². The highest BCUT2D eigenvalue weighted by atomic mass is 35.5. The van der Waals surface area contributed by atoms with Gasteiger partial charge in [0, 0.05) is 36.6 Å². The van der Waals surface area contributed by atoms with Gasteiger partial charge in [0.25, 0.3) is 5.56 Å². The summed E-state index contributed by atoms with van der Waals surface area (Å²) in [6.07, 6.45) is 2.46. The Morgan fingerprint density at radius 2 is 1.89 bits per heavy atom. The molecule has 0 bridgehead atoms. The van der Waals surface area contributed by atoms with Crippen LogP contribution in [0.15, 0.2) is 46.8 Å². The van der Waals surface area contributed by atoms with Gasteiger partial charge in [-0.1, -0.05) is 11.6 Å². The number of aromatic nitrogens is 2. The number of thiophene rings is 1. The van der Waals surface area contributed by atoms with Crippen LogP contribution in [0.5, 0.6) is 0 Å². The minimum atomic E-state index is -0.171. The van der Waals surface area contributed by atoms with Crippen LogP contribution in [-0.2, 0) is 16.1 Å². The maximum Gasteiger partial charge on any atom is 0.262 e. The normalized spacial score (nSPS) is 10.8. The van der Waals surface area contributed by atoms with E-state index in [4.69, 9.17) is 11.6 Å². The van der Waals surface area contributed by atoms with Gasteiger partial charge in [0.05, 0.1) is 11.7 Å². The van der Waals surface area contributed by atoms with Crippen molar-refractivity contribution >= 4 is 50.7 Å². The fourth-order valence-electron chi connectivity index (χ4n) is 2.60. The number of anilines is 1. The van der Waals surface area contributed by atoms with Gasteiger partial charge in [-0.15, -0.1) is 11.3 Å². The minimum absolute atomic E-state index is 0.127. The first-order valence-corrected chi connectivity index (χ1v) is 10.0. The molecule has 0 saturated heterocycles. The van der Waals surface area contributed by atoms with Crippen LogP contribution >= 0.6 is 22.9 Å². The number of halogens is 1. The standard InChI is InChI=1S/C19H19ClN4O3S/c20-13-3-5-14(6-4-13)23-17(26)2-1-9-21-16(25)7-10-24-12-22-18-15(19(24)27)8-11-28-18/h3-6,8,11-12H,1-2,7,9-10H2,(H,21,25)(H,23,26). The van der Waals surface area contributed by atoms with Crippen molar-refractivity contribution in [2.24, 2.45) is 0 Å². The number of aryl methyl sites for hydroxylation is 1. The first-order chi connectivity index (χ1) is 13.5. The molecule has 0 aliphatic carbocycles.